The summed E-state index contributed by atoms with van der Waals surface area (Å²) in [5, 5.41) is 9.76. The van der Waals surface area contributed by atoms with E-state index in [0.717, 1.165) is 47.2 Å². The average molecular weight is 474 g/mol. The third-order valence-corrected chi connectivity index (χ3v) is 6.25. The van der Waals surface area contributed by atoms with E-state index >= 15 is 0 Å². The second-order valence-corrected chi connectivity index (χ2v) is 8.59. The SMILES string of the molecule is COc1ccc(-c2c(-c3ccccc3)oc3ncnc(OC4CCCN(CCC(=O)O)C4)c23)cc1. The molecule has 0 spiro atoms. The molecule has 8 heteroatoms. The number of piperidine rings is 1. The van der Waals surface area contributed by atoms with E-state index in [1.54, 1.807) is 7.11 Å². The molecule has 1 fully saturated rings. The first-order chi connectivity index (χ1) is 17.1. The Bertz CT molecular complexity index is 1300. The second kappa shape index (κ2) is 10.1. The molecule has 4 aromatic rings. The Morgan fingerprint density at radius 1 is 1.11 bits per heavy atom. The van der Waals surface area contributed by atoms with Crippen LogP contribution in [0.5, 0.6) is 11.6 Å². The number of ether oxygens (including phenoxy) is 2. The lowest BCUT2D eigenvalue weighted by molar-refractivity contribution is -0.137. The third kappa shape index (κ3) is 4.97. The van der Waals surface area contributed by atoms with Gasteiger partial charge in [-0.25, -0.2) is 9.97 Å². The molecule has 0 bridgehead atoms. The number of hydrogen-bond donors (Lipinski definition) is 1. The Morgan fingerprint density at radius 2 is 1.91 bits per heavy atom. The van der Waals surface area contributed by atoms with Crippen molar-refractivity contribution in [2.24, 2.45) is 0 Å². The number of aliphatic carboxylic acids is 1. The van der Waals surface area contributed by atoms with E-state index in [2.05, 4.69) is 14.9 Å². The molecule has 2 aromatic carbocycles. The van der Waals surface area contributed by atoms with Crippen molar-refractivity contribution in [3.63, 3.8) is 0 Å². The molecule has 8 nitrogen and oxygen atoms in total. The third-order valence-electron chi connectivity index (χ3n) is 6.25. The number of furan rings is 1. The van der Waals surface area contributed by atoms with Gasteiger partial charge in [0.1, 0.15) is 29.3 Å². The summed E-state index contributed by atoms with van der Waals surface area (Å²) in [6.45, 7) is 2.03. The zero-order valence-corrected chi connectivity index (χ0v) is 19.5. The molecule has 2 aromatic heterocycles. The maximum atomic E-state index is 11.0. The van der Waals surface area contributed by atoms with Gasteiger partial charge in [0.15, 0.2) is 0 Å². The van der Waals surface area contributed by atoms with E-state index < -0.39 is 5.97 Å². The molecule has 1 aliphatic heterocycles. The van der Waals surface area contributed by atoms with Gasteiger partial charge < -0.3 is 19.0 Å². The standard InChI is InChI=1S/C27H27N3O5/c1-33-20-11-9-18(10-12-20)23-24-26(34-21-8-5-14-30(16-21)15-13-22(31)32)28-17-29-27(24)35-25(23)19-6-3-2-4-7-19/h2-4,6-7,9-12,17,21H,5,8,13-16H2,1H3,(H,31,32). The van der Waals surface area contributed by atoms with Crippen LogP contribution in [0, 0.1) is 0 Å². The van der Waals surface area contributed by atoms with E-state index in [1.807, 2.05) is 54.6 Å². The summed E-state index contributed by atoms with van der Waals surface area (Å²) in [6.07, 6.45) is 3.28. The van der Waals surface area contributed by atoms with Crippen molar-refractivity contribution in [2.75, 3.05) is 26.7 Å². The Balaban J connectivity index is 1.55. The van der Waals surface area contributed by atoms with Crippen molar-refractivity contribution in [1.29, 1.82) is 0 Å². The molecular formula is C27H27N3O5. The van der Waals surface area contributed by atoms with Crippen molar-refractivity contribution >= 4 is 17.1 Å². The Morgan fingerprint density at radius 3 is 2.66 bits per heavy atom. The minimum absolute atomic E-state index is 0.102. The number of nitrogens with zero attached hydrogens (tertiary/aromatic N) is 3. The first-order valence-corrected chi connectivity index (χ1v) is 11.7. The first kappa shape index (κ1) is 22.9. The zero-order valence-electron chi connectivity index (χ0n) is 19.5. The zero-order chi connectivity index (χ0) is 24.2. The van der Waals surface area contributed by atoms with Crippen LogP contribution >= 0.6 is 0 Å². The van der Waals surface area contributed by atoms with E-state index in [9.17, 15) is 4.79 Å². The van der Waals surface area contributed by atoms with Crippen LogP contribution in [0.4, 0.5) is 0 Å². The van der Waals surface area contributed by atoms with Gasteiger partial charge in [-0.2, -0.15) is 0 Å². The predicted octanol–water partition coefficient (Wildman–Crippen LogP) is 4.88. The molecule has 1 saturated heterocycles. The number of carboxylic acid groups (broad SMARTS) is 1. The minimum Gasteiger partial charge on any atom is -0.497 e. The number of fused-ring (bicyclic) bond motifs is 1. The fourth-order valence-electron chi connectivity index (χ4n) is 4.55. The number of hydrogen-bond acceptors (Lipinski definition) is 7. The van der Waals surface area contributed by atoms with Gasteiger partial charge >= 0.3 is 5.97 Å². The monoisotopic (exact) mass is 473 g/mol. The molecule has 1 N–H and O–H groups in total. The van der Waals surface area contributed by atoms with Crippen LogP contribution in [0.1, 0.15) is 19.3 Å². The molecule has 0 amide bonds. The number of likely N-dealkylation sites (tertiary alicyclic amines) is 1. The van der Waals surface area contributed by atoms with Gasteiger partial charge in [-0.05, 0) is 37.1 Å². The van der Waals surface area contributed by atoms with Crippen LogP contribution in [-0.2, 0) is 4.79 Å². The molecule has 0 aliphatic carbocycles. The van der Waals surface area contributed by atoms with Gasteiger partial charge in [0, 0.05) is 24.2 Å². The average Bonchev–Trinajstić information content (AvgIpc) is 3.29. The van der Waals surface area contributed by atoms with Crippen LogP contribution in [0.2, 0.25) is 0 Å². The highest BCUT2D eigenvalue weighted by Crippen LogP contribution is 2.43. The van der Waals surface area contributed by atoms with Crippen LogP contribution in [-0.4, -0.2) is 58.8 Å². The predicted molar refractivity (Wildman–Crippen MR) is 132 cm³/mol. The molecule has 3 heterocycles. The Labute approximate surface area is 203 Å². The normalized spacial score (nSPS) is 16.3. The maximum Gasteiger partial charge on any atom is 0.304 e. The van der Waals surface area contributed by atoms with Gasteiger partial charge in [-0.15, -0.1) is 0 Å². The van der Waals surface area contributed by atoms with Gasteiger partial charge in [0.25, 0.3) is 0 Å². The maximum absolute atomic E-state index is 11.0. The second-order valence-electron chi connectivity index (χ2n) is 8.59. The summed E-state index contributed by atoms with van der Waals surface area (Å²) in [4.78, 5) is 22.0. The van der Waals surface area contributed by atoms with Crippen molar-refractivity contribution in [2.45, 2.75) is 25.4 Å². The molecule has 0 saturated carbocycles. The fourth-order valence-corrected chi connectivity index (χ4v) is 4.55. The van der Waals surface area contributed by atoms with Crippen LogP contribution in [0.3, 0.4) is 0 Å². The lowest BCUT2D eigenvalue weighted by Crippen LogP contribution is -2.42. The van der Waals surface area contributed by atoms with E-state index in [1.165, 1.54) is 6.33 Å². The summed E-state index contributed by atoms with van der Waals surface area (Å²) in [6, 6.07) is 17.7. The topological polar surface area (TPSA) is 97.9 Å². The Hall–Kier alpha value is -3.91. The van der Waals surface area contributed by atoms with Crippen molar-refractivity contribution in [1.82, 2.24) is 14.9 Å². The van der Waals surface area contributed by atoms with E-state index in [0.29, 0.717) is 30.4 Å². The largest absolute Gasteiger partial charge is 0.497 e. The molecule has 1 atom stereocenters. The van der Waals surface area contributed by atoms with Gasteiger partial charge in [-0.1, -0.05) is 42.5 Å². The highest BCUT2D eigenvalue weighted by molar-refractivity contribution is 6.03. The van der Waals surface area contributed by atoms with Crippen molar-refractivity contribution < 1.29 is 23.8 Å². The number of methoxy groups -OCH3 is 1. The Kier molecular flexibility index (Phi) is 6.63. The first-order valence-electron chi connectivity index (χ1n) is 11.7. The molecule has 35 heavy (non-hydrogen) atoms. The summed E-state index contributed by atoms with van der Waals surface area (Å²) < 4.78 is 18.1. The van der Waals surface area contributed by atoms with Crippen LogP contribution < -0.4 is 9.47 Å². The molecule has 0 radical (unpaired) electrons. The minimum atomic E-state index is -0.790. The number of aromatic nitrogens is 2. The number of carboxylic acids is 1. The quantitative estimate of drug-likeness (QED) is 0.387. The van der Waals surface area contributed by atoms with Crippen LogP contribution in [0.15, 0.2) is 65.3 Å². The van der Waals surface area contributed by atoms with Crippen LogP contribution in [0.25, 0.3) is 33.6 Å². The number of rotatable bonds is 8. The number of benzene rings is 2. The van der Waals surface area contributed by atoms with Gasteiger partial charge in [-0.3, -0.25) is 9.69 Å². The lowest BCUT2D eigenvalue weighted by atomic mass is 9.99. The van der Waals surface area contributed by atoms with Gasteiger partial charge in [0.05, 0.1) is 13.5 Å². The molecule has 1 aliphatic rings. The van der Waals surface area contributed by atoms with Crippen molar-refractivity contribution in [3.05, 3.63) is 60.9 Å². The fraction of sp³-hybridized carbons (Fsp3) is 0.296. The molecule has 180 valence electrons. The van der Waals surface area contributed by atoms with Crippen molar-refractivity contribution in [3.8, 4) is 34.1 Å². The summed E-state index contributed by atoms with van der Waals surface area (Å²) >= 11 is 0. The molecular weight excluding hydrogens is 446 g/mol. The molecule has 1 unspecified atom stereocenters. The summed E-state index contributed by atoms with van der Waals surface area (Å²) in [5.41, 5.74) is 3.19. The lowest BCUT2D eigenvalue weighted by Gasteiger charge is -2.32. The summed E-state index contributed by atoms with van der Waals surface area (Å²) in [7, 11) is 1.64. The van der Waals surface area contributed by atoms with E-state index in [-0.39, 0.29) is 12.5 Å². The van der Waals surface area contributed by atoms with E-state index in [4.69, 9.17) is 19.0 Å². The van der Waals surface area contributed by atoms with Gasteiger partial charge in [0.2, 0.25) is 11.6 Å². The highest BCUT2D eigenvalue weighted by atomic mass is 16.5. The number of carbonyl (C=O) groups is 1. The highest BCUT2D eigenvalue weighted by Gasteiger charge is 2.27. The molecule has 5 rings (SSSR count). The smallest absolute Gasteiger partial charge is 0.304 e. The summed E-state index contributed by atoms with van der Waals surface area (Å²) in [5.74, 6) is 1.14.